The summed E-state index contributed by atoms with van der Waals surface area (Å²) in [5.74, 6) is 2.27. The number of rotatable bonds is 8. The Labute approximate surface area is 165 Å². The van der Waals surface area contributed by atoms with E-state index in [1.807, 2.05) is 6.07 Å². The smallest absolute Gasteiger partial charge is 0.163 e. The summed E-state index contributed by atoms with van der Waals surface area (Å²) in [6.07, 6.45) is 5.38. The molecule has 0 radical (unpaired) electrons. The van der Waals surface area contributed by atoms with Crippen LogP contribution in [0.5, 0.6) is 0 Å². The van der Waals surface area contributed by atoms with E-state index in [9.17, 15) is 0 Å². The summed E-state index contributed by atoms with van der Waals surface area (Å²) in [5, 5.41) is 22.6. The Bertz CT molecular complexity index is 813. The van der Waals surface area contributed by atoms with Crippen LogP contribution in [0, 0.1) is 17.2 Å². The highest BCUT2D eigenvalue weighted by Crippen LogP contribution is 2.24. The molecule has 0 bridgehead atoms. The van der Waals surface area contributed by atoms with Gasteiger partial charge in [-0.3, -0.25) is 5.10 Å². The van der Waals surface area contributed by atoms with Crippen molar-refractivity contribution in [2.45, 2.75) is 51.7 Å². The number of hydrogen-bond donors (Lipinski definition) is 4. The molecule has 0 amide bonds. The van der Waals surface area contributed by atoms with E-state index in [0.29, 0.717) is 24.4 Å². The number of hydrogen-bond acceptors (Lipinski definition) is 8. The molecular formula is C19H28N8O. The molecule has 28 heavy (non-hydrogen) atoms. The molecule has 150 valence electrons. The summed E-state index contributed by atoms with van der Waals surface area (Å²) >= 11 is 0. The van der Waals surface area contributed by atoms with Crippen LogP contribution < -0.4 is 16.4 Å². The molecule has 1 saturated heterocycles. The molecule has 0 aromatic carbocycles. The zero-order chi connectivity index (χ0) is 19.9. The van der Waals surface area contributed by atoms with Gasteiger partial charge >= 0.3 is 0 Å². The number of aromatic amines is 1. The van der Waals surface area contributed by atoms with E-state index in [-0.39, 0.29) is 18.0 Å². The zero-order valence-electron chi connectivity index (χ0n) is 16.4. The Balaban J connectivity index is 1.51. The van der Waals surface area contributed by atoms with Crippen LogP contribution in [-0.2, 0) is 11.2 Å². The van der Waals surface area contributed by atoms with Crippen LogP contribution in [-0.4, -0.2) is 45.5 Å². The van der Waals surface area contributed by atoms with Gasteiger partial charge in [0, 0.05) is 19.2 Å². The molecule has 1 aliphatic rings. The van der Waals surface area contributed by atoms with E-state index in [1.54, 1.807) is 6.33 Å². The van der Waals surface area contributed by atoms with Crippen molar-refractivity contribution in [3.63, 3.8) is 0 Å². The highest BCUT2D eigenvalue weighted by molar-refractivity contribution is 5.51. The molecule has 2 aromatic rings. The molecule has 1 fully saturated rings. The van der Waals surface area contributed by atoms with Crippen LogP contribution in [0.25, 0.3) is 0 Å². The van der Waals surface area contributed by atoms with Crippen molar-refractivity contribution in [3.8, 4) is 6.07 Å². The maximum atomic E-state index is 9.10. The van der Waals surface area contributed by atoms with Gasteiger partial charge in [-0.1, -0.05) is 13.8 Å². The molecule has 2 unspecified atom stereocenters. The number of nitrogens with zero attached hydrogens (tertiary/aromatic N) is 4. The molecule has 9 nitrogen and oxygen atoms in total. The summed E-state index contributed by atoms with van der Waals surface area (Å²) in [7, 11) is 0. The number of aryl methyl sites for hydroxylation is 1. The molecule has 3 heterocycles. The summed E-state index contributed by atoms with van der Waals surface area (Å²) in [4.78, 5) is 8.63. The van der Waals surface area contributed by atoms with Crippen LogP contribution >= 0.6 is 0 Å². The first kappa shape index (κ1) is 19.9. The van der Waals surface area contributed by atoms with Gasteiger partial charge in [0.25, 0.3) is 0 Å². The van der Waals surface area contributed by atoms with Crippen LogP contribution in [0.4, 0.5) is 17.5 Å². The zero-order valence-corrected chi connectivity index (χ0v) is 16.4. The standard InChI is InChI=1S/C19H28N8O/c1-12(2)18-15(6-4-8-28-18)25-17-9-16(23-11-24-17)22-7-3-5-14-13(10-20)19(21)27-26-14/h9,11-12,15,18H,3-8H2,1-2H3,(H3,21,26,27)(H2,22,23,24,25). The highest BCUT2D eigenvalue weighted by atomic mass is 16.5. The maximum absolute atomic E-state index is 9.10. The van der Waals surface area contributed by atoms with E-state index in [2.05, 4.69) is 50.7 Å². The van der Waals surface area contributed by atoms with Crippen molar-refractivity contribution >= 4 is 17.5 Å². The van der Waals surface area contributed by atoms with Gasteiger partial charge in [-0.2, -0.15) is 10.4 Å². The lowest BCUT2D eigenvalue weighted by atomic mass is 9.94. The van der Waals surface area contributed by atoms with Crippen molar-refractivity contribution in [2.75, 3.05) is 29.5 Å². The fraction of sp³-hybridized carbons (Fsp3) is 0.579. The van der Waals surface area contributed by atoms with Gasteiger partial charge in [0.15, 0.2) is 5.82 Å². The quantitative estimate of drug-likeness (QED) is 0.509. The first-order chi connectivity index (χ1) is 13.6. The second-order valence-electron chi connectivity index (χ2n) is 7.37. The third kappa shape index (κ3) is 4.89. The SMILES string of the molecule is CC(C)C1OCCCC1Nc1cc(NCCCc2[nH]nc(N)c2C#N)ncn1. The van der Waals surface area contributed by atoms with Crippen LogP contribution in [0.1, 0.15) is 44.4 Å². The Morgan fingerprint density at radius 2 is 2.21 bits per heavy atom. The molecule has 1 aliphatic heterocycles. The third-order valence-electron chi connectivity index (χ3n) is 4.91. The first-order valence-electron chi connectivity index (χ1n) is 9.75. The normalized spacial score (nSPS) is 19.4. The first-order valence-corrected chi connectivity index (χ1v) is 9.75. The van der Waals surface area contributed by atoms with E-state index in [0.717, 1.165) is 43.2 Å². The van der Waals surface area contributed by atoms with Crippen molar-refractivity contribution in [3.05, 3.63) is 23.7 Å². The fourth-order valence-corrected chi connectivity index (χ4v) is 3.52. The second kappa shape index (κ2) is 9.37. The number of nitrogens with two attached hydrogens (primary N) is 1. The summed E-state index contributed by atoms with van der Waals surface area (Å²) < 4.78 is 5.94. The summed E-state index contributed by atoms with van der Waals surface area (Å²) in [5.41, 5.74) is 6.86. The Kier molecular flexibility index (Phi) is 6.66. The average Bonchev–Trinajstić information content (AvgIpc) is 3.05. The van der Waals surface area contributed by atoms with Gasteiger partial charge < -0.3 is 21.1 Å². The van der Waals surface area contributed by atoms with Crippen molar-refractivity contribution in [1.82, 2.24) is 20.2 Å². The molecule has 9 heteroatoms. The fourth-order valence-electron chi connectivity index (χ4n) is 3.52. The molecule has 0 spiro atoms. The Hall–Kier alpha value is -2.86. The predicted molar refractivity (Wildman–Crippen MR) is 108 cm³/mol. The van der Waals surface area contributed by atoms with Crippen molar-refractivity contribution in [1.29, 1.82) is 5.26 Å². The van der Waals surface area contributed by atoms with E-state index in [4.69, 9.17) is 15.7 Å². The number of nitrogen functional groups attached to an aromatic ring is 1. The highest BCUT2D eigenvalue weighted by Gasteiger charge is 2.28. The second-order valence-corrected chi connectivity index (χ2v) is 7.37. The number of nitriles is 1. The third-order valence-corrected chi connectivity index (χ3v) is 4.91. The van der Waals surface area contributed by atoms with Gasteiger partial charge in [0.2, 0.25) is 0 Å². The Morgan fingerprint density at radius 3 is 3.00 bits per heavy atom. The molecule has 3 rings (SSSR count). The summed E-state index contributed by atoms with van der Waals surface area (Å²) in [6, 6.07) is 4.26. The molecule has 2 aromatic heterocycles. The minimum absolute atomic E-state index is 0.191. The Morgan fingerprint density at radius 1 is 1.39 bits per heavy atom. The van der Waals surface area contributed by atoms with E-state index in [1.165, 1.54) is 0 Å². The van der Waals surface area contributed by atoms with E-state index >= 15 is 0 Å². The number of anilines is 3. The number of aromatic nitrogens is 4. The maximum Gasteiger partial charge on any atom is 0.163 e. The summed E-state index contributed by atoms with van der Waals surface area (Å²) in [6.45, 7) is 5.90. The van der Waals surface area contributed by atoms with Gasteiger partial charge in [-0.05, 0) is 31.6 Å². The minimum atomic E-state index is 0.191. The molecule has 5 N–H and O–H groups in total. The van der Waals surface area contributed by atoms with Gasteiger partial charge in [0.05, 0.1) is 17.8 Å². The van der Waals surface area contributed by atoms with E-state index < -0.39 is 0 Å². The van der Waals surface area contributed by atoms with Gasteiger partial charge in [-0.25, -0.2) is 9.97 Å². The minimum Gasteiger partial charge on any atom is -0.381 e. The number of nitrogens with one attached hydrogen (secondary N) is 3. The number of ether oxygens (including phenoxy) is 1. The van der Waals surface area contributed by atoms with Gasteiger partial charge in [-0.15, -0.1) is 0 Å². The molecule has 0 aliphatic carbocycles. The molecular weight excluding hydrogens is 356 g/mol. The lowest BCUT2D eigenvalue weighted by molar-refractivity contribution is -0.0203. The predicted octanol–water partition coefficient (Wildman–Crippen LogP) is 2.31. The monoisotopic (exact) mass is 384 g/mol. The van der Waals surface area contributed by atoms with Crippen molar-refractivity contribution < 1.29 is 4.74 Å². The molecule has 0 saturated carbocycles. The van der Waals surface area contributed by atoms with Crippen LogP contribution in [0.2, 0.25) is 0 Å². The average molecular weight is 384 g/mol. The van der Waals surface area contributed by atoms with Crippen molar-refractivity contribution in [2.24, 2.45) is 5.92 Å². The van der Waals surface area contributed by atoms with Gasteiger partial charge in [0.1, 0.15) is 29.6 Å². The lowest BCUT2D eigenvalue weighted by Crippen LogP contribution is -2.43. The van der Waals surface area contributed by atoms with Crippen LogP contribution in [0.3, 0.4) is 0 Å². The topological polar surface area (TPSA) is 138 Å². The van der Waals surface area contributed by atoms with Crippen LogP contribution in [0.15, 0.2) is 12.4 Å². The largest absolute Gasteiger partial charge is 0.381 e. The molecule has 2 atom stereocenters. The number of H-pyrrole nitrogens is 1. The lowest BCUT2D eigenvalue weighted by Gasteiger charge is -2.35.